The van der Waals surface area contributed by atoms with Crippen LogP contribution in [0.3, 0.4) is 0 Å². The summed E-state index contributed by atoms with van der Waals surface area (Å²) in [7, 11) is -0.888. The van der Waals surface area contributed by atoms with Crippen molar-refractivity contribution in [2.75, 3.05) is 14.2 Å². The second kappa shape index (κ2) is 8.05. The van der Waals surface area contributed by atoms with Crippen LogP contribution in [-0.2, 0) is 18.4 Å². The first-order chi connectivity index (χ1) is 7.92. The van der Waals surface area contributed by atoms with Crippen LogP contribution in [0.25, 0.3) is 0 Å². The molecule has 0 aromatic rings. The van der Waals surface area contributed by atoms with Crippen LogP contribution in [-0.4, -0.2) is 24.6 Å². The van der Waals surface area contributed by atoms with E-state index < -0.39 is 12.2 Å². The third-order valence-corrected chi connectivity index (χ3v) is 6.00. The van der Waals surface area contributed by atoms with Gasteiger partial charge in [-0.3, -0.25) is 9.36 Å². The first kappa shape index (κ1) is 16.9. The zero-order valence-corrected chi connectivity index (χ0v) is 13.0. The van der Waals surface area contributed by atoms with Gasteiger partial charge in [0.2, 0.25) is 0 Å². The second-order valence-corrected chi connectivity index (χ2v) is 7.41. The molecule has 0 amide bonds. The third-order valence-electron chi connectivity index (χ3n) is 2.22. The Morgan fingerprint density at radius 1 is 1.35 bits per heavy atom. The van der Waals surface area contributed by atoms with E-state index in [1.165, 1.54) is 14.2 Å². The van der Waals surface area contributed by atoms with Crippen LogP contribution in [0.4, 0.5) is 0 Å². The smallest absolute Gasteiger partial charge is 0.311 e. The van der Waals surface area contributed by atoms with Crippen LogP contribution in [0.2, 0.25) is 0 Å². The molecule has 0 heterocycles. The molecule has 0 aliphatic carbocycles. The van der Waals surface area contributed by atoms with Crippen molar-refractivity contribution in [3.63, 3.8) is 0 Å². The van der Waals surface area contributed by atoms with E-state index in [0.29, 0.717) is 6.42 Å². The number of alkyl halides is 1. The maximum Gasteiger partial charge on any atom is 0.351 e. The molecule has 0 aliphatic rings. The summed E-state index contributed by atoms with van der Waals surface area (Å²) in [4.78, 5) is 12.0. The fraction of sp³-hybridized carbons (Fsp3) is 0.727. The Labute approximate surface area is 111 Å². The van der Waals surface area contributed by atoms with Gasteiger partial charge in [-0.2, -0.15) is 0 Å². The topological polar surface area (TPSA) is 52.6 Å². The van der Waals surface area contributed by atoms with Crippen LogP contribution in [0.5, 0.6) is 0 Å². The van der Waals surface area contributed by atoms with Crippen molar-refractivity contribution in [3.05, 3.63) is 0 Å². The normalized spacial score (nSPS) is 14.6. The number of Topliss-reactive ketones (excluding diaryl/α,β-unsaturated/α-hetero) is 1. The van der Waals surface area contributed by atoms with Crippen molar-refractivity contribution < 1.29 is 18.4 Å². The van der Waals surface area contributed by atoms with Gasteiger partial charge in [0.15, 0.2) is 10.4 Å². The van der Waals surface area contributed by atoms with Crippen LogP contribution in [0.1, 0.15) is 26.7 Å². The maximum absolute atomic E-state index is 12.0. The van der Waals surface area contributed by atoms with Gasteiger partial charge in [0.1, 0.15) is 0 Å². The first-order valence-corrected chi connectivity index (χ1v) is 7.80. The SMILES string of the molecule is CCC#CCC(C)C(=O)C(Br)P(=O)(OC)OC. The van der Waals surface area contributed by atoms with E-state index in [4.69, 9.17) is 9.05 Å². The lowest BCUT2D eigenvalue weighted by atomic mass is 10.0. The summed E-state index contributed by atoms with van der Waals surface area (Å²) in [5, 5.41) is 0. The zero-order chi connectivity index (χ0) is 13.5. The molecule has 17 heavy (non-hydrogen) atoms. The molecule has 0 N–H and O–H groups in total. The maximum atomic E-state index is 12.0. The molecule has 0 aromatic carbocycles. The molecule has 98 valence electrons. The van der Waals surface area contributed by atoms with E-state index in [-0.39, 0.29) is 11.7 Å². The molecule has 4 nitrogen and oxygen atoms in total. The fourth-order valence-electron chi connectivity index (χ4n) is 1.10. The number of rotatable bonds is 6. The van der Waals surface area contributed by atoms with E-state index >= 15 is 0 Å². The number of ketones is 1. The minimum atomic E-state index is -3.40. The zero-order valence-electron chi connectivity index (χ0n) is 10.5. The van der Waals surface area contributed by atoms with Gasteiger partial charge < -0.3 is 9.05 Å². The highest BCUT2D eigenvalue weighted by atomic mass is 79.9. The summed E-state index contributed by atoms with van der Waals surface area (Å²) >= 11 is 3.08. The molecule has 0 bridgehead atoms. The lowest BCUT2D eigenvalue weighted by Gasteiger charge is -2.20. The monoisotopic (exact) mass is 324 g/mol. The third kappa shape index (κ3) is 4.93. The Balaban J connectivity index is 4.64. The van der Waals surface area contributed by atoms with Crippen molar-refractivity contribution in [2.45, 2.75) is 31.3 Å². The van der Waals surface area contributed by atoms with Crippen LogP contribution in [0.15, 0.2) is 0 Å². The lowest BCUT2D eigenvalue weighted by Crippen LogP contribution is -2.22. The minimum absolute atomic E-state index is 0.220. The minimum Gasteiger partial charge on any atom is -0.311 e. The average Bonchev–Trinajstić information content (AvgIpc) is 2.36. The highest BCUT2D eigenvalue weighted by molar-refractivity contribution is 9.11. The first-order valence-electron chi connectivity index (χ1n) is 5.27. The molecule has 2 atom stereocenters. The van der Waals surface area contributed by atoms with Crippen molar-refractivity contribution >= 4 is 29.3 Å². The van der Waals surface area contributed by atoms with Crippen LogP contribution >= 0.6 is 23.5 Å². The van der Waals surface area contributed by atoms with Crippen molar-refractivity contribution in [2.24, 2.45) is 5.92 Å². The predicted octanol–water partition coefficient (Wildman–Crippen LogP) is 3.20. The molecule has 2 unspecified atom stereocenters. The van der Waals surface area contributed by atoms with Gasteiger partial charge in [0.25, 0.3) is 0 Å². The molecule has 0 aliphatic heterocycles. The van der Waals surface area contributed by atoms with Gasteiger partial charge >= 0.3 is 7.60 Å². The second-order valence-electron chi connectivity index (χ2n) is 3.46. The van der Waals surface area contributed by atoms with E-state index in [1.807, 2.05) is 6.92 Å². The van der Waals surface area contributed by atoms with E-state index in [9.17, 15) is 9.36 Å². The molecule has 0 spiro atoms. The molecular formula is C11H18BrO4P. The molecule has 0 fully saturated rings. The van der Waals surface area contributed by atoms with Gasteiger partial charge in [-0.05, 0) is 0 Å². The Morgan fingerprint density at radius 2 is 1.88 bits per heavy atom. The number of halogens is 1. The van der Waals surface area contributed by atoms with E-state index in [0.717, 1.165) is 6.42 Å². The number of hydrogen-bond acceptors (Lipinski definition) is 4. The largest absolute Gasteiger partial charge is 0.351 e. The molecule has 0 aromatic heterocycles. The summed E-state index contributed by atoms with van der Waals surface area (Å²) in [5.74, 6) is 5.26. The average molecular weight is 325 g/mol. The predicted molar refractivity (Wildman–Crippen MR) is 71.2 cm³/mol. The summed E-state index contributed by atoms with van der Waals surface area (Å²) in [6, 6.07) is 0. The molecular weight excluding hydrogens is 307 g/mol. The fourth-order valence-corrected chi connectivity index (χ4v) is 3.64. The summed E-state index contributed by atoms with van der Waals surface area (Å²) in [6.07, 6.45) is 1.20. The van der Waals surface area contributed by atoms with Gasteiger partial charge in [0.05, 0.1) is 0 Å². The van der Waals surface area contributed by atoms with E-state index in [2.05, 4.69) is 27.8 Å². The van der Waals surface area contributed by atoms with Crippen molar-refractivity contribution in [1.29, 1.82) is 0 Å². The summed E-state index contributed by atoms with van der Waals surface area (Å²) < 4.78 is 20.6. The Bertz CT molecular complexity index is 350. The number of hydrogen-bond donors (Lipinski definition) is 0. The number of carbonyl (C=O) groups excluding carboxylic acids is 1. The molecule has 0 radical (unpaired) electrons. The standard InChI is InChI=1S/C11H18BrO4P/c1-5-6-7-8-9(2)10(13)11(12)17(14,15-3)16-4/h9,11H,5,8H2,1-4H3. The summed E-state index contributed by atoms with van der Waals surface area (Å²) in [6.45, 7) is 3.69. The molecule has 0 saturated heterocycles. The van der Waals surface area contributed by atoms with Gasteiger partial charge in [-0.25, -0.2) is 0 Å². The van der Waals surface area contributed by atoms with Crippen LogP contribution in [0, 0.1) is 17.8 Å². The molecule has 0 saturated carbocycles. The van der Waals surface area contributed by atoms with Gasteiger partial charge in [0, 0.05) is 33.0 Å². The van der Waals surface area contributed by atoms with Crippen molar-refractivity contribution in [1.82, 2.24) is 0 Å². The Kier molecular flexibility index (Phi) is 7.98. The highest BCUT2D eigenvalue weighted by Gasteiger charge is 2.39. The summed E-state index contributed by atoms with van der Waals surface area (Å²) in [5.41, 5.74) is 0. The Hall–Kier alpha value is -0.140. The number of carbonyl (C=O) groups is 1. The lowest BCUT2D eigenvalue weighted by molar-refractivity contribution is -0.120. The molecule has 6 heteroatoms. The highest BCUT2D eigenvalue weighted by Crippen LogP contribution is 2.55. The van der Waals surface area contributed by atoms with Gasteiger partial charge in [-0.1, -0.05) is 29.8 Å². The van der Waals surface area contributed by atoms with Crippen molar-refractivity contribution in [3.8, 4) is 11.8 Å². The molecule has 0 rings (SSSR count). The van der Waals surface area contributed by atoms with E-state index in [1.54, 1.807) is 6.92 Å². The van der Waals surface area contributed by atoms with Gasteiger partial charge in [-0.15, -0.1) is 11.8 Å². The van der Waals surface area contributed by atoms with Crippen LogP contribution < -0.4 is 0 Å². The quantitative estimate of drug-likeness (QED) is 0.427. The Morgan fingerprint density at radius 3 is 2.29 bits per heavy atom.